The summed E-state index contributed by atoms with van der Waals surface area (Å²) in [7, 11) is 0. The first-order valence-electron chi connectivity index (χ1n) is 7.57. The largest absolute Gasteiger partial charge is 0.464 e. The van der Waals surface area contributed by atoms with Crippen LogP contribution in [0.25, 0.3) is 11.0 Å². The maximum Gasteiger partial charge on any atom is 0.166 e. The number of piperidine rings is 2. The quantitative estimate of drug-likeness (QED) is 0.848. The van der Waals surface area contributed by atoms with Gasteiger partial charge in [-0.3, -0.25) is 4.79 Å². The fourth-order valence-electron chi connectivity index (χ4n) is 3.84. The number of hydrogen-bond acceptors (Lipinski definition) is 3. The topological polar surface area (TPSA) is 42.2 Å². The molecule has 1 aromatic heterocycles. The van der Waals surface area contributed by atoms with Crippen molar-refractivity contribution >= 4 is 16.8 Å². The van der Waals surface area contributed by atoms with Crippen LogP contribution in [0.5, 0.6) is 0 Å². The van der Waals surface area contributed by atoms with E-state index in [0.29, 0.717) is 17.9 Å². The normalized spacial score (nSPS) is 29.5. The van der Waals surface area contributed by atoms with Gasteiger partial charge in [-0.2, -0.15) is 0 Å². The van der Waals surface area contributed by atoms with Gasteiger partial charge < -0.3 is 9.73 Å². The summed E-state index contributed by atoms with van der Waals surface area (Å²) in [6.07, 6.45) is 7.43. The van der Waals surface area contributed by atoms with Gasteiger partial charge in [0, 0.05) is 29.0 Å². The highest BCUT2D eigenvalue weighted by Gasteiger charge is 2.34. The van der Waals surface area contributed by atoms with Gasteiger partial charge in [0.25, 0.3) is 0 Å². The summed E-state index contributed by atoms with van der Waals surface area (Å²) in [6, 6.07) is 8.81. The molecule has 0 amide bonds. The second-order valence-corrected chi connectivity index (χ2v) is 6.20. The fourth-order valence-corrected chi connectivity index (χ4v) is 3.84. The predicted octanol–water partition coefficient (Wildman–Crippen LogP) is 3.54. The lowest BCUT2D eigenvalue weighted by Crippen LogP contribution is -2.50. The Bertz CT molecular complexity index is 633. The lowest BCUT2D eigenvalue weighted by Gasteiger charge is -2.39. The first-order valence-corrected chi connectivity index (χ1v) is 7.57. The Labute approximate surface area is 118 Å². The van der Waals surface area contributed by atoms with Gasteiger partial charge in [-0.25, -0.2) is 0 Å². The second kappa shape index (κ2) is 4.74. The molecule has 2 unspecified atom stereocenters. The average Bonchev–Trinajstić information content (AvgIpc) is 2.93. The fraction of sp³-hybridized carbons (Fsp3) is 0.471. The Hall–Kier alpha value is -1.61. The van der Waals surface area contributed by atoms with Crippen molar-refractivity contribution in [3.63, 3.8) is 0 Å². The van der Waals surface area contributed by atoms with E-state index in [1.54, 1.807) is 6.26 Å². The van der Waals surface area contributed by atoms with E-state index < -0.39 is 0 Å². The van der Waals surface area contributed by atoms with Crippen molar-refractivity contribution in [1.82, 2.24) is 5.32 Å². The van der Waals surface area contributed by atoms with Gasteiger partial charge in [-0.1, -0.05) is 6.42 Å². The zero-order valence-corrected chi connectivity index (χ0v) is 11.5. The molecule has 2 aromatic rings. The molecule has 1 aromatic carbocycles. The summed E-state index contributed by atoms with van der Waals surface area (Å²) in [6.45, 7) is 0. The second-order valence-electron chi connectivity index (χ2n) is 6.20. The molecule has 20 heavy (non-hydrogen) atoms. The summed E-state index contributed by atoms with van der Waals surface area (Å²) in [5.41, 5.74) is 1.69. The van der Waals surface area contributed by atoms with Crippen molar-refractivity contribution in [2.45, 2.75) is 44.2 Å². The smallest absolute Gasteiger partial charge is 0.166 e. The number of carbonyl (C=O) groups is 1. The maximum absolute atomic E-state index is 12.7. The number of nitrogens with one attached hydrogen (secondary N) is 1. The van der Waals surface area contributed by atoms with Crippen LogP contribution in [0.3, 0.4) is 0 Å². The van der Waals surface area contributed by atoms with Crippen molar-refractivity contribution in [3.05, 3.63) is 36.1 Å². The minimum atomic E-state index is 0.191. The number of furan rings is 1. The molecule has 1 N–H and O–H groups in total. The van der Waals surface area contributed by atoms with Gasteiger partial charge in [0.05, 0.1) is 6.26 Å². The standard InChI is InChI=1S/C17H19NO2/c19-17(12-4-5-16-11(8-12)6-7-20-16)13-9-14-2-1-3-15(10-13)18-14/h4-8,13-15,18H,1-3,9-10H2. The summed E-state index contributed by atoms with van der Waals surface area (Å²) in [5.74, 6) is 0.502. The van der Waals surface area contributed by atoms with Crippen LogP contribution in [0.2, 0.25) is 0 Å². The first kappa shape index (κ1) is 12.2. The molecular formula is C17H19NO2. The highest BCUT2D eigenvalue weighted by Crippen LogP contribution is 2.32. The molecule has 2 saturated heterocycles. The molecule has 2 atom stereocenters. The molecule has 4 rings (SSSR count). The van der Waals surface area contributed by atoms with Crippen LogP contribution in [-0.2, 0) is 0 Å². The van der Waals surface area contributed by atoms with E-state index in [9.17, 15) is 4.79 Å². The molecule has 2 fully saturated rings. The lowest BCUT2D eigenvalue weighted by molar-refractivity contribution is 0.0825. The molecule has 2 aliphatic rings. The zero-order chi connectivity index (χ0) is 13.5. The van der Waals surface area contributed by atoms with E-state index in [-0.39, 0.29) is 5.92 Å². The number of fused-ring (bicyclic) bond motifs is 3. The van der Waals surface area contributed by atoms with Crippen molar-refractivity contribution in [3.8, 4) is 0 Å². The summed E-state index contributed by atoms with van der Waals surface area (Å²) in [5, 5.41) is 4.67. The summed E-state index contributed by atoms with van der Waals surface area (Å²) >= 11 is 0. The summed E-state index contributed by atoms with van der Waals surface area (Å²) in [4.78, 5) is 12.7. The third-order valence-electron chi connectivity index (χ3n) is 4.82. The van der Waals surface area contributed by atoms with E-state index >= 15 is 0 Å². The molecule has 3 heterocycles. The summed E-state index contributed by atoms with van der Waals surface area (Å²) < 4.78 is 5.34. The highest BCUT2D eigenvalue weighted by molar-refractivity contribution is 6.00. The van der Waals surface area contributed by atoms with Crippen LogP contribution in [0.4, 0.5) is 0 Å². The van der Waals surface area contributed by atoms with Crippen LogP contribution < -0.4 is 5.32 Å². The molecule has 0 aliphatic carbocycles. The molecule has 0 saturated carbocycles. The first-order chi connectivity index (χ1) is 9.79. The van der Waals surface area contributed by atoms with Crippen molar-refractivity contribution in [2.24, 2.45) is 5.92 Å². The Morgan fingerprint density at radius 1 is 1.15 bits per heavy atom. The SMILES string of the molecule is O=C(c1ccc2occc2c1)C1CC2CCCC(C1)N2. The van der Waals surface area contributed by atoms with Crippen molar-refractivity contribution in [2.75, 3.05) is 0 Å². The van der Waals surface area contributed by atoms with Crippen LogP contribution >= 0.6 is 0 Å². The minimum absolute atomic E-state index is 0.191. The monoisotopic (exact) mass is 269 g/mol. The molecule has 104 valence electrons. The predicted molar refractivity (Wildman–Crippen MR) is 77.8 cm³/mol. The van der Waals surface area contributed by atoms with E-state index in [2.05, 4.69) is 5.32 Å². The van der Waals surface area contributed by atoms with E-state index in [0.717, 1.165) is 29.4 Å². The van der Waals surface area contributed by atoms with Crippen molar-refractivity contribution in [1.29, 1.82) is 0 Å². The number of rotatable bonds is 2. The Morgan fingerprint density at radius 3 is 2.75 bits per heavy atom. The van der Waals surface area contributed by atoms with Crippen LogP contribution in [0.1, 0.15) is 42.5 Å². The van der Waals surface area contributed by atoms with E-state index in [1.807, 2.05) is 24.3 Å². The number of ketones is 1. The van der Waals surface area contributed by atoms with Crippen molar-refractivity contribution < 1.29 is 9.21 Å². The molecule has 0 spiro atoms. The molecule has 3 heteroatoms. The van der Waals surface area contributed by atoms with Gasteiger partial charge in [0.1, 0.15) is 5.58 Å². The molecule has 0 radical (unpaired) electrons. The maximum atomic E-state index is 12.7. The Balaban J connectivity index is 1.59. The number of Topliss-reactive ketones (excluding diaryl/α,β-unsaturated/α-hetero) is 1. The van der Waals surface area contributed by atoms with Crippen LogP contribution in [0, 0.1) is 5.92 Å². The highest BCUT2D eigenvalue weighted by atomic mass is 16.3. The van der Waals surface area contributed by atoms with Gasteiger partial charge in [0.2, 0.25) is 0 Å². The third-order valence-corrected chi connectivity index (χ3v) is 4.82. The lowest BCUT2D eigenvalue weighted by atomic mass is 9.77. The number of benzene rings is 1. The molecule has 2 aliphatic heterocycles. The molecule has 2 bridgehead atoms. The van der Waals surface area contributed by atoms with Gasteiger partial charge in [0.15, 0.2) is 5.78 Å². The Kier molecular flexibility index (Phi) is 2.88. The number of hydrogen-bond donors (Lipinski definition) is 1. The number of carbonyl (C=O) groups excluding carboxylic acids is 1. The minimum Gasteiger partial charge on any atom is -0.464 e. The third kappa shape index (κ3) is 2.06. The molecular weight excluding hydrogens is 250 g/mol. The van der Waals surface area contributed by atoms with Gasteiger partial charge in [-0.05, 0) is 49.9 Å². The van der Waals surface area contributed by atoms with Crippen LogP contribution in [0.15, 0.2) is 34.9 Å². The van der Waals surface area contributed by atoms with E-state index in [1.165, 1.54) is 19.3 Å². The average molecular weight is 269 g/mol. The molecule has 3 nitrogen and oxygen atoms in total. The Morgan fingerprint density at radius 2 is 1.95 bits per heavy atom. The van der Waals surface area contributed by atoms with Crippen LogP contribution in [-0.4, -0.2) is 17.9 Å². The zero-order valence-electron chi connectivity index (χ0n) is 11.5. The van der Waals surface area contributed by atoms with Gasteiger partial charge in [-0.15, -0.1) is 0 Å². The van der Waals surface area contributed by atoms with Gasteiger partial charge >= 0.3 is 0 Å². The van der Waals surface area contributed by atoms with E-state index in [4.69, 9.17) is 4.42 Å².